The summed E-state index contributed by atoms with van der Waals surface area (Å²) in [6.45, 7) is 3.83. The van der Waals surface area contributed by atoms with Crippen molar-refractivity contribution in [3.8, 4) is 0 Å². The maximum atomic E-state index is 8.93. The fraction of sp³-hybridized carbons (Fsp3) is 0.800. The third-order valence-electron chi connectivity index (χ3n) is 1.25. The van der Waals surface area contributed by atoms with Crippen molar-refractivity contribution in [3.63, 3.8) is 0 Å². The van der Waals surface area contributed by atoms with Crippen LogP contribution < -0.4 is 10.2 Å². The molecule has 0 aromatic carbocycles. The smallest absolute Gasteiger partial charge is 0.650 e. The number of aliphatic carboxylic acids is 2. The standard InChI is InChI=1S/2C4H10NO2.C2H2O4.Cu/c2*6-3-1-5-2-4-7;3-1(4)2(5)6;/h2*6-7H,1-4H2;(H,3,4)(H,5,6);/q2*-1;;+2/p+2. The Bertz CT molecular complexity index is 191. The van der Waals surface area contributed by atoms with E-state index >= 15 is 0 Å². The van der Waals surface area contributed by atoms with E-state index in [1.165, 1.54) is 0 Å². The van der Waals surface area contributed by atoms with E-state index in [-0.39, 0.29) is 17.1 Å². The summed E-state index contributed by atoms with van der Waals surface area (Å²) in [5.41, 5.74) is 0. The van der Waals surface area contributed by atoms with E-state index in [1.807, 2.05) is 0 Å². The van der Waals surface area contributed by atoms with Gasteiger partial charge in [0.05, 0.1) is 11.9 Å². The van der Waals surface area contributed by atoms with Gasteiger partial charge >= 0.3 is 17.1 Å². The topological polar surface area (TPSA) is 200 Å². The Morgan fingerprint density at radius 2 is 0.857 bits per heavy atom. The van der Waals surface area contributed by atoms with E-state index in [1.54, 1.807) is 0 Å². The predicted molar refractivity (Wildman–Crippen MR) is 70.1 cm³/mol. The number of hydrogen-bond acceptors (Lipinski definition) is 4. The summed E-state index contributed by atoms with van der Waals surface area (Å²) in [4.78, 5) is 17.9. The number of carboxylic acids is 2. The van der Waals surface area contributed by atoms with Crippen LogP contribution in [0.25, 0.3) is 10.6 Å². The Hall–Kier alpha value is -0.781. The third-order valence-corrected chi connectivity index (χ3v) is 1.25. The summed E-state index contributed by atoms with van der Waals surface area (Å²) in [5.74, 6) is -4.37. The largest absolute Gasteiger partial charge is 2.00 e. The average Bonchev–Trinajstić information content (AvgIpc) is 2.41. The minimum absolute atomic E-state index is 0. The molecule has 0 aliphatic rings. The molecule has 131 valence electrons. The van der Waals surface area contributed by atoms with Gasteiger partial charge in [-0.05, 0) is 0 Å². The normalized spacial score (nSPS) is 8.38. The molecular formula is C10H24CuN2O8+2. The van der Waals surface area contributed by atoms with Crippen molar-refractivity contribution in [2.75, 3.05) is 52.6 Å². The van der Waals surface area contributed by atoms with Crippen molar-refractivity contribution in [2.24, 2.45) is 0 Å². The quantitative estimate of drug-likeness (QED) is 0.179. The summed E-state index contributed by atoms with van der Waals surface area (Å²) < 4.78 is 0. The number of carbonyl (C=O) groups excluding carboxylic acids is 2. The second kappa shape index (κ2) is 27.5. The van der Waals surface area contributed by atoms with Crippen LogP contribution in [0.3, 0.4) is 0 Å². The molecule has 0 atom stereocenters. The first kappa shape index (κ1) is 28.4. The maximum Gasteiger partial charge on any atom is 2.00 e. The maximum absolute atomic E-state index is 8.93. The van der Waals surface area contributed by atoms with Gasteiger partial charge in [-0.25, -0.2) is 0 Å². The number of nitrogens with zero attached hydrogens (tertiary/aromatic N) is 2. The van der Waals surface area contributed by atoms with E-state index in [0.29, 0.717) is 52.6 Å². The number of hydrogen-bond donors (Lipinski definition) is 0. The molecule has 8 N–H and O–H groups in total. The van der Waals surface area contributed by atoms with E-state index < -0.39 is 11.9 Å². The second-order valence-corrected chi connectivity index (χ2v) is 2.92. The average molecular weight is 364 g/mol. The van der Waals surface area contributed by atoms with Gasteiger partial charge in [0.2, 0.25) is 0 Å². The van der Waals surface area contributed by atoms with Gasteiger partial charge < -0.3 is 50.9 Å². The molecule has 0 fully saturated rings. The van der Waals surface area contributed by atoms with Crippen molar-refractivity contribution in [3.05, 3.63) is 10.6 Å². The van der Waals surface area contributed by atoms with Crippen LogP contribution in [0.2, 0.25) is 0 Å². The Kier molecular flexibility index (Phi) is 37.2. The van der Waals surface area contributed by atoms with Gasteiger partial charge in [0.1, 0.15) is 26.4 Å². The SMILES string of the molecule is O=C([O-])C(=O)[O-].[Cu+2].[OH2+]CC[N-]CC[OH2+].[OH2+]CC[N-]CC[OH2+]. The van der Waals surface area contributed by atoms with E-state index in [9.17, 15) is 0 Å². The van der Waals surface area contributed by atoms with Crippen molar-refractivity contribution < 1.29 is 57.3 Å². The van der Waals surface area contributed by atoms with E-state index in [4.69, 9.17) is 40.2 Å². The molecule has 21 heavy (non-hydrogen) atoms. The molecule has 0 aliphatic carbocycles. The molecule has 0 saturated carbocycles. The zero-order valence-electron chi connectivity index (χ0n) is 11.5. The molecule has 0 aliphatic heterocycles. The molecule has 0 unspecified atom stereocenters. The first-order valence-corrected chi connectivity index (χ1v) is 5.75. The molecule has 0 amide bonds. The summed E-state index contributed by atoms with van der Waals surface area (Å²) >= 11 is 0. The molecule has 0 rings (SSSR count). The van der Waals surface area contributed by atoms with Gasteiger partial charge in [0.15, 0.2) is 0 Å². The van der Waals surface area contributed by atoms with Crippen molar-refractivity contribution in [2.45, 2.75) is 0 Å². The number of rotatable bonds is 8. The van der Waals surface area contributed by atoms with Crippen LogP contribution in [0.4, 0.5) is 0 Å². The first-order chi connectivity index (χ1) is 9.47. The Labute approximate surface area is 133 Å². The van der Waals surface area contributed by atoms with E-state index in [2.05, 4.69) is 10.6 Å². The van der Waals surface area contributed by atoms with Crippen LogP contribution >= 0.6 is 0 Å². The van der Waals surface area contributed by atoms with Crippen LogP contribution in [-0.4, -0.2) is 85.0 Å². The van der Waals surface area contributed by atoms with Crippen LogP contribution in [-0.2, 0) is 26.7 Å². The molecule has 0 saturated heterocycles. The summed E-state index contributed by atoms with van der Waals surface area (Å²) in [6.07, 6.45) is 0. The zero-order chi connectivity index (χ0) is 16.2. The number of carbonyl (C=O) groups is 2. The molecular weight excluding hydrogens is 340 g/mol. The molecule has 1 radical (unpaired) electrons. The van der Waals surface area contributed by atoms with E-state index in [0.717, 1.165) is 0 Å². The molecule has 10 nitrogen and oxygen atoms in total. The molecule has 0 heterocycles. The number of carboxylic acid groups (broad SMARTS) is 2. The molecule has 0 spiro atoms. The van der Waals surface area contributed by atoms with Crippen molar-refractivity contribution >= 4 is 11.9 Å². The zero-order valence-corrected chi connectivity index (χ0v) is 12.4. The molecule has 11 heteroatoms. The van der Waals surface area contributed by atoms with Gasteiger partial charge in [-0.15, -0.1) is 0 Å². The minimum atomic E-state index is -2.19. The molecule has 0 aromatic rings. The fourth-order valence-corrected chi connectivity index (χ4v) is 0.540. The summed E-state index contributed by atoms with van der Waals surface area (Å²) in [6, 6.07) is 0. The fourth-order valence-electron chi connectivity index (χ4n) is 0.540. The van der Waals surface area contributed by atoms with Gasteiger partial charge in [0, 0.05) is 0 Å². The van der Waals surface area contributed by atoms with Gasteiger partial charge in [-0.3, -0.25) is 0 Å². The van der Waals surface area contributed by atoms with Crippen LogP contribution in [0, 0.1) is 0 Å². The Morgan fingerprint density at radius 1 is 0.667 bits per heavy atom. The van der Waals surface area contributed by atoms with Crippen LogP contribution in [0.1, 0.15) is 0 Å². The van der Waals surface area contributed by atoms with Crippen LogP contribution in [0.15, 0.2) is 0 Å². The van der Waals surface area contributed by atoms with Gasteiger partial charge in [-0.2, -0.15) is 0 Å². The Morgan fingerprint density at radius 3 is 0.952 bits per heavy atom. The van der Waals surface area contributed by atoms with Gasteiger partial charge in [-0.1, -0.05) is 26.2 Å². The molecule has 0 aromatic heterocycles. The molecule has 0 bridgehead atoms. The summed E-state index contributed by atoms with van der Waals surface area (Å²) in [7, 11) is 0. The van der Waals surface area contributed by atoms with Crippen LogP contribution in [0.5, 0.6) is 0 Å². The van der Waals surface area contributed by atoms with Gasteiger partial charge in [0.25, 0.3) is 0 Å². The monoisotopic (exact) mass is 363 g/mol. The van der Waals surface area contributed by atoms with Crippen molar-refractivity contribution in [1.82, 2.24) is 0 Å². The predicted octanol–water partition coefficient (Wildman–Crippen LogP) is -5.90. The summed E-state index contributed by atoms with van der Waals surface area (Å²) in [5, 5.41) is 52.0. The van der Waals surface area contributed by atoms with Crippen molar-refractivity contribution in [1.29, 1.82) is 0 Å². The second-order valence-electron chi connectivity index (χ2n) is 2.92. The minimum Gasteiger partial charge on any atom is -0.650 e. The third kappa shape index (κ3) is 45.3. The Balaban J connectivity index is -0.000000101. The first-order valence-electron chi connectivity index (χ1n) is 5.75.